The minimum absolute atomic E-state index is 0.00749. The van der Waals surface area contributed by atoms with Crippen LogP contribution in [0, 0.1) is 6.92 Å². The molecule has 1 aromatic carbocycles. The first-order valence-corrected chi connectivity index (χ1v) is 7.41. The number of nitrogens with zero attached hydrogens (tertiary/aromatic N) is 1. The minimum Gasteiger partial charge on any atom is -0.399 e. The Bertz CT molecular complexity index is 439. The Kier molecular flexibility index (Phi) is 7.79. The molecule has 1 amide bonds. The molecule has 5 nitrogen and oxygen atoms in total. The highest BCUT2D eigenvalue weighted by molar-refractivity contribution is 5.96. The minimum atomic E-state index is -0.00749. The lowest BCUT2D eigenvalue weighted by Gasteiger charge is -2.23. The zero-order valence-electron chi connectivity index (χ0n) is 13.2. The number of carbonyl (C=O) groups excluding carboxylic acids is 1. The van der Waals surface area contributed by atoms with Crippen LogP contribution < -0.4 is 5.73 Å². The summed E-state index contributed by atoms with van der Waals surface area (Å²) in [5.74, 6) is -0.00749. The third kappa shape index (κ3) is 5.73. The predicted molar refractivity (Wildman–Crippen MR) is 84.5 cm³/mol. The van der Waals surface area contributed by atoms with Crippen LogP contribution in [0.2, 0.25) is 0 Å². The average molecular weight is 294 g/mol. The van der Waals surface area contributed by atoms with E-state index in [1.165, 1.54) is 0 Å². The summed E-state index contributed by atoms with van der Waals surface area (Å²) in [5.41, 5.74) is 7.97. The van der Waals surface area contributed by atoms with Crippen molar-refractivity contribution in [1.29, 1.82) is 0 Å². The van der Waals surface area contributed by atoms with E-state index in [0.717, 1.165) is 5.56 Å². The van der Waals surface area contributed by atoms with Gasteiger partial charge in [0.05, 0.1) is 13.2 Å². The van der Waals surface area contributed by atoms with Crippen molar-refractivity contribution in [2.75, 3.05) is 45.3 Å². The molecule has 0 saturated carbocycles. The molecule has 0 bridgehead atoms. The summed E-state index contributed by atoms with van der Waals surface area (Å²) in [7, 11) is 0. The van der Waals surface area contributed by atoms with Gasteiger partial charge in [-0.15, -0.1) is 0 Å². The predicted octanol–water partition coefficient (Wildman–Crippen LogP) is 2.09. The van der Waals surface area contributed by atoms with Crippen LogP contribution in [-0.4, -0.2) is 50.3 Å². The van der Waals surface area contributed by atoms with E-state index in [9.17, 15) is 4.79 Å². The first kappa shape index (κ1) is 17.5. The fraction of sp³-hybridized carbons (Fsp3) is 0.562. The van der Waals surface area contributed by atoms with Gasteiger partial charge in [0, 0.05) is 37.6 Å². The van der Waals surface area contributed by atoms with Crippen molar-refractivity contribution in [3.63, 3.8) is 0 Å². The number of nitrogens with two attached hydrogens (primary N) is 1. The smallest absolute Gasteiger partial charge is 0.254 e. The molecule has 21 heavy (non-hydrogen) atoms. The molecule has 0 aromatic heterocycles. The number of ether oxygens (including phenoxy) is 2. The number of nitrogen functional groups attached to an aromatic ring is 1. The zero-order chi connectivity index (χ0) is 15.7. The van der Waals surface area contributed by atoms with Gasteiger partial charge in [0.15, 0.2) is 0 Å². The van der Waals surface area contributed by atoms with E-state index in [-0.39, 0.29) is 5.91 Å². The number of carbonyl (C=O) groups is 1. The fourth-order valence-electron chi connectivity index (χ4n) is 2.05. The van der Waals surface area contributed by atoms with E-state index in [1.807, 2.05) is 26.8 Å². The van der Waals surface area contributed by atoms with Crippen molar-refractivity contribution in [2.24, 2.45) is 0 Å². The highest BCUT2D eigenvalue weighted by atomic mass is 16.5. The second kappa shape index (κ2) is 9.37. The molecule has 0 atom stereocenters. The van der Waals surface area contributed by atoms with Gasteiger partial charge in [-0.2, -0.15) is 0 Å². The van der Waals surface area contributed by atoms with E-state index in [4.69, 9.17) is 15.2 Å². The molecule has 1 aromatic rings. The molecule has 0 heterocycles. The Labute approximate surface area is 127 Å². The summed E-state index contributed by atoms with van der Waals surface area (Å²) in [6, 6.07) is 5.35. The number of aryl methyl sites for hydroxylation is 1. The van der Waals surface area contributed by atoms with Crippen molar-refractivity contribution < 1.29 is 14.3 Å². The van der Waals surface area contributed by atoms with Crippen LogP contribution in [-0.2, 0) is 9.47 Å². The number of anilines is 1. The average Bonchev–Trinajstić information content (AvgIpc) is 2.45. The lowest BCUT2D eigenvalue weighted by Crippen LogP contribution is -2.37. The van der Waals surface area contributed by atoms with E-state index < -0.39 is 0 Å². The normalized spacial score (nSPS) is 10.6. The quantitative estimate of drug-likeness (QED) is 0.559. The molecule has 0 aliphatic heterocycles. The number of benzene rings is 1. The monoisotopic (exact) mass is 294 g/mol. The van der Waals surface area contributed by atoms with E-state index >= 15 is 0 Å². The van der Waals surface area contributed by atoms with Gasteiger partial charge < -0.3 is 20.1 Å². The molecule has 0 aliphatic carbocycles. The number of hydrogen-bond donors (Lipinski definition) is 1. The molecule has 0 saturated heterocycles. The van der Waals surface area contributed by atoms with E-state index in [2.05, 4.69) is 0 Å². The third-order valence-corrected chi connectivity index (χ3v) is 3.19. The maximum absolute atomic E-state index is 12.6. The molecule has 2 N–H and O–H groups in total. The second-order valence-electron chi connectivity index (χ2n) is 4.76. The number of amides is 1. The molecule has 0 spiro atoms. The van der Waals surface area contributed by atoms with Crippen LogP contribution in [0.3, 0.4) is 0 Å². The first-order valence-electron chi connectivity index (χ1n) is 7.41. The molecule has 0 fully saturated rings. The first-order chi connectivity index (χ1) is 10.1. The largest absolute Gasteiger partial charge is 0.399 e. The van der Waals surface area contributed by atoms with Crippen LogP contribution in [0.1, 0.15) is 29.8 Å². The lowest BCUT2D eigenvalue weighted by molar-refractivity contribution is 0.0549. The number of rotatable bonds is 9. The summed E-state index contributed by atoms with van der Waals surface area (Å²) in [4.78, 5) is 14.4. The van der Waals surface area contributed by atoms with E-state index in [1.54, 1.807) is 17.0 Å². The molecule has 0 radical (unpaired) electrons. The van der Waals surface area contributed by atoms with E-state index in [0.29, 0.717) is 50.8 Å². The van der Waals surface area contributed by atoms with Crippen LogP contribution in [0.15, 0.2) is 18.2 Å². The summed E-state index contributed by atoms with van der Waals surface area (Å²) < 4.78 is 10.7. The Balaban J connectivity index is 2.76. The Morgan fingerprint density at radius 1 is 1.14 bits per heavy atom. The van der Waals surface area contributed by atoms with Gasteiger partial charge in [0.2, 0.25) is 0 Å². The Hall–Kier alpha value is -1.59. The Morgan fingerprint density at radius 3 is 2.19 bits per heavy atom. The molecule has 5 heteroatoms. The molecular formula is C16H26N2O3. The highest BCUT2D eigenvalue weighted by Crippen LogP contribution is 2.14. The van der Waals surface area contributed by atoms with Gasteiger partial charge in [-0.3, -0.25) is 4.79 Å². The molecule has 0 unspecified atom stereocenters. The molecule has 0 aliphatic rings. The molecular weight excluding hydrogens is 268 g/mol. The van der Waals surface area contributed by atoms with Crippen LogP contribution in [0.5, 0.6) is 0 Å². The summed E-state index contributed by atoms with van der Waals surface area (Å²) >= 11 is 0. The van der Waals surface area contributed by atoms with Crippen molar-refractivity contribution in [3.8, 4) is 0 Å². The lowest BCUT2D eigenvalue weighted by atomic mass is 10.1. The van der Waals surface area contributed by atoms with Crippen molar-refractivity contribution in [1.82, 2.24) is 4.90 Å². The number of hydrogen-bond acceptors (Lipinski definition) is 4. The topological polar surface area (TPSA) is 64.8 Å². The van der Waals surface area contributed by atoms with Crippen molar-refractivity contribution in [3.05, 3.63) is 29.3 Å². The van der Waals surface area contributed by atoms with Gasteiger partial charge in [-0.1, -0.05) is 0 Å². The van der Waals surface area contributed by atoms with Gasteiger partial charge in [0.1, 0.15) is 0 Å². The standard InChI is InChI=1S/C16H26N2O3/c1-4-20-10-8-18(9-11-21-5-2)16(19)15-7-6-14(17)12-13(15)3/h6-7,12H,4-5,8-11,17H2,1-3H3. The zero-order valence-corrected chi connectivity index (χ0v) is 13.2. The van der Waals surface area contributed by atoms with Gasteiger partial charge >= 0.3 is 0 Å². The third-order valence-electron chi connectivity index (χ3n) is 3.19. The second-order valence-corrected chi connectivity index (χ2v) is 4.76. The van der Waals surface area contributed by atoms with Crippen molar-refractivity contribution >= 4 is 11.6 Å². The van der Waals surface area contributed by atoms with Crippen LogP contribution in [0.25, 0.3) is 0 Å². The summed E-state index contributed by atoms with van der Waals surface area (Å²) in [6.07, 6.45) is 0. The maximum Gasteiger partial charge on any atom is 0.254 e. The molecule has 1 rings (SSSR count). The van der Waals surface area contributed by atoms with Gasteiger partial charge in [-0.25, -0.2) is 0 Å². The van der Waals surface area contributed by atoms with Crippen LogP contribution >= 0.6 is 0 Å². The summed E-state index contributed by atoms with van der Waals surface area (Å²) in [6.45, 7) is 9.25. The van der Waals surface area contributed by atoms with Gasteiger partial charge in [0.25, 0.3) is 5.91 Å². The maximum atomic E-state index is 12.6. The van der Waals surface area contributed by atoms with Crippen LogP contribution in [0.4, 0.5) is 5.69 Å². The van der Waals surface area contributed by atoms with Gasteiger partial charge in [-0.05, 0) is 44.5 Å². The summed E-state index contributed by atoms with van der Waals surface area (Å²) in [5, 5.41) is 0. The highest BCUT2D eigenvalue weighted by Gasteiger charge is 2.17. The van der Waals surface area contributed by atoms with Crippen molar-refractivity contribution in [2.45, 2.75) is 20.8 Å². The Morgan fingerprint density at radius 2 is 1.71 bits per heavy atom. The molecule has 118 valence electrons. The fourth-order valence-corrected chi connectivity index (χ4v) is 2.05. The SMILES string of the molecule is CCOCCN(CCOCC)C(=O)c1ccc(N)cc1C.